The third-order valence-electron chi connectivity index (χ3n) is 4.56. The number of thioether (sulfide) groups is 1. The molecule has 0 radical (unpaired) electrons. The van der Waals surface area contributed by atoms with Crippen molar-refractivity contribution < 1.29 is 9.53 Å². The highest BCUT2D eigenvalue weighted by Crippen LogP contribution is 2.18. The number of carbonyl (C=O) groups is 1. The van der Waals surface area contributed by atoms with Crippen molar-refractivity contribution in [3.8, 4) is 11.4 Å². The number of amides is 1. The molecule has 4 aromatic rings. The van der Waals surface area contributed by atoms with Gasteiger partial charge in [-0.15, -0.1) is 10.2 Å². The molecule has 0 unspecified atom stereocenters. The average molecular weight is 456 g/mol. The van der Waals surface area contributed by atoms with Crippen molar-refractivity contribution in [1.29, 1.82) is 0 Å². The minimum atomic E-state index is -0.310. The Hall–Kier alpha value is -3.30. The lowest BCUT2D eigenvalue weighted by Crippen LogP contribution is -2.24. The molecule has 1 amide bonds. The van der Waals surface area contributed by atoms with E-state index in [-0.39, 0.29) is 22.9 Å². The molecule has 0 aliphatic carbocycles. The van der Waals surface area contributed by atoms with E-state index in [4.69, 9.17) is 16.3 Å². The lowest BCUT2D eigenvalue weighted by atomic mass is 10.2. The van der Waals surface area contributed by atoms with E-state index >= 15 is 0 Å². The highest BCUT2D eigenvalue weighted by molar-refractivity contribution is 7.99. The van der Waals surface area contributed by atoms with Crippen LogP contribution in [0.1, 0.15) is 5.56 Å². The van der Waals surface area contributed by atoms with Gasteiger partial charge in [0, 0.05) is 29.6 Å². The number of benzene rings is 2. The number of ether oxygens (including phenoxy) is 1. The third kappa shape index (κ3) is 4.57. The van der Waals surface area contributed by atoms with Crippen LogP contribution in [0, 0.1) is 0 Å². The normalized spacial score (nSPS) is 10.9. The van der Waals surface area contributed by atoms with Gasteiger partial charge in [0.05, 0.1) is 12.9 Å². The smallest absolute Gasteiger partial charge is 0.300 e. The molecule has 31 heavy (non-hydrogen) atoms. The quantitative estimate of drug-likeness (QED) is 0.431. The van der Waals surface area contributed by atoms with Gasteiger partial charge in [-0.3, -0.25) is 18.6 Å². The Bertz CT molecular complexity index is 1290. The van der Waals surface area contributed by atoms with Gasteiger partial charge in [0.25, 0.3) is 0 Å². The van der Waals surface area contributed by atoms with Gasteiger partial charge in [0.2, 0.25) is 11.6 Å². The number of aromatic nitrogens is 4. The summed E-state index contributed by atoms with van der Waals surface area (Å²) in [6, 6.07) is 14.5. The van der Waals surface area contributed by atoms with E-state index in [9.17, 15) is 9.59 Å². The Morgan fingerprint density at radius 1 is 1.13 bits per heavy atom. The molecule has 4 rings (SSSR count). The van der Waals surface area contributed by atoms with E-state index in [1.165, 1.54) is 16.3 Å². The van der Waals surface area contributed by atoms with Crippen LogP contribution >= 0.6 is 23.4 Å². The third-order valence-corrected chi connectivity index (χ3v) is 5.87. The molecule has 1 N–H and O–H groups in total. The zero-order valence-corrected chi connectivity index (χ0v) is 18.1. The molecule has 2 heterocycles. The summed E-state index contributed by atoms with van der Waals surface area (Å²) >= 11 is 7.30. The van der Waals surface area contributed by atoms with E-state index in [2.05, 4.69) is 15.5 Å². The van der Waals surface area contributed by atoms with Gasteiger partial charge in [-0.05, 0) is 35.9 Å². The highest BCUT2D eigenvalue weighted by atomic mass is 35.5. The number of hydrogen-bond donors (Lipinski definition) is 1. The second-order valence-electron chi connectivity index (χ2n) is 6.50. The van der Waals surface area contributed by atoms with E-state index in [0.717, 1.165) is 5.56 Å². The van der Waals surface area contributed by atoms with Crippen molar-refractivity contribution in [2.75, 3.05) is 12.9 Å². The van der Waals surface area contributed by atoms with Gasteiger partial charge in [-0.2, -0.15) is 0 Å². The molecule has 0 spiro atoms. The lowest BCUT2D eigenvalue weighted by molar-refractivity contribution is -0.118. The number of nitrogens with one attached hydrogen (secondary N) is 1. The Morgan fingerprint density at radius 2 is 1.90 bits per heavy atom. The van der Waals surface area contributed by atoms with Crippen molar-refractivity contribution in [3.63, 3.8) is 0 Å². The molecule has 0 atom stereocenters. The van der Waals surface area contributed by atoms with Crippen molar-refractivity contribution in [2.45, 2.75) is 11.7 Å². The predicted molar refractivity (Wildman–Crippen MR) is 119 cm³/mol. The summed E-state index contributed by atoms with van der Waals surface area (Å²) in [6.45, 7) is 0.340. The molecule has 2 aromatic carbocycles. The molecule has 0 bridgehead atoms. The first-order chi connectivity index (χ1) is 15.1. The van der Waals surface area contributed by atoms with Gasteiger partial charge in [-0.1, -0.05) is 41.6 Å². The van der Waals surface area contributed by atoms with E-state index < -0.39 is 0 Å². The minimum absolute atomic E-state index is 0.132. The van der Waals surface area contributed by atoms with Crippen LogP contribution in [0.3, 0.4) is 0 Å². The van der Waals surface area contributed by atoms with Crippen LogP contribution in [-0.2, 0) is 11.3 Å². The largest absolute Gasteiger partial charge is 0.497 e. The fraction of sp³-hybridized carbons (Fsp3) is 0.143. The molecule has 158 valence electrons. The summed E-state index contributed by atoms with van der Waals surface area (Å²) in [4.78, 5) is 25.0. The zero-order chi connectivity index (χ0) is 21.8. The van der Waals surface area contributed by atoms with Crippen LogP contribution in [0.4, 0.5) is 0 Å². The zero-order valence-electron chi connectivity index (χ0n) is 16.5. The number of methoxy groups -OCH3 is 1. The van der Waals surface area contributed by atoms with Crippen LogP contribution in [0.2, 0.25) is 5.02 Å². The van der Waals surface area contributed by atoms with Crippen molar-refractivity contribution in [2.24, 2.45) is 0 Å². The lowest BCUT2D eigenvalue weighted by Gasteiger charge is -2.08. The van der Waals surface area contributed by atoms with Crippen LogP contribution in [0.25, 0.3) is 11.3 Å². The first kappa shape index (κ1) is 21.0. The predicted octanol–water partition coefficient (Wildman–Crippen LogP) is 2.95. The summed E-state index contributed by atoms with van der Waals surface area (Å²) in [5.41, 5.74) is 1.39. The molecule has 0 saturated heterocycles. The molecule has 0 saturated carbocycles. The van der Waals surface area contributed by atoms with Gasteiger partial charge < -0.3 is 10.1 Å². The first-order valence-electron chi connectivity index (χ1n) is 9.30. The maximum Gasteiger partial charge on any atom is 0.300 e. The number of carbonyl (C=O) groups excluding carboxylic acids is 1. The van der Waals surface area contributed by atoms with Gasteiger partial charge in [0.15, 0.2) is 5.16 Å². The Labute approximate surface area is 186 Å². The van der Waals surface area contributed by atoms with Gasteiger partial charge in [-0.25, -0.2) is 0 Å². The first-order valence-corrected chi connectivity index (χ1v) is 10.7. The fourth-order valence-corrected chi connectivity index (χ4v) is 3.88. The second kappa shape index (κ2) is 9.23. The maximum atomic E-state index is 12.8. The van der Waals surface area contributed by atoms with Gasteiger partial charge in [0.1, 0.15) is 5.75 Å². The van der Waals surface area contributed by atoms with Crippen LogP contribution in [0.5, 0.6) is 5.75 Å². The maximum absolute atomic E-state index is 12.8. The van der Waals surface area contributed by atoms with Crippen LogP contribution < -0.4 is 15.6 Å². The van der Waals surface area contributed by atoms with Crippen LogP contribution in [0.15, 0.2) is 70.9 Å². The summed E-state index contributed by atoms with van der Waals surface area (Å²) in [5.74, 6) is 0.660. The average Bonchev–Trinajstić information content (AvgIpc) is 3.21. The second-order valence-corrected chi connectivity index (χ2v) is 7.85. The van der Waals surface area contributed by atoms with E-state index in [1.54, 1.807) is 54.2 Å². The SMILES string of the molecule is COc1ccc(-n2ccn3c(SCC(=O)NCc4ccccc4Cl)nnc3c2=O)cc1. The Kier molecular flexibility index (Phi) is 6.24. The minimum Gasteiger partial charge on any atom is -0.497 e. The number of fused-ring (bicyclic) bond motifs is 1. The Morgan fingerprint density at radius 3 is 2.65 bits per heavy atom. The fourth-order valence-electron chi connectivity index (χ4n) is 2.93. The van der Waals surface area contributed by atoms with Crippen LogP contribution in [-0.4, -0.2) is 37.9 Å². The standard InChI is InChI=1S/C21H18ClN5O3S/c1-30-16-8-6-15(7-9-16)26-10-11-27-19(20(26)29)24-25-21(27)31-13-18(28)23-12-14-4-2-3-5-17(14)22/h2-11H,12-13H2,1H3,(H,23,28). The van der Waals surface area contributed by atoms with Crippen molar-refractivity contribution >= 4 is 34.9 Å². The summed E-state index contributed by atoms with van der Waals surface area (Å²) in [6.07, 6.45) is 3.34. The molecule has 10 heteroatoms. The summed E-state index contributed by atoms with van der Waals surface area (Å²) in [7, 11) is 1.58. The van der Waals surface area contributed by atoms with E-state index in [0.29, 0.717) is 28.2 Å². The molecular weight excluding hydrogens is 438 g/mol. The number of nitrogens with zero attached hydrogens (tertiary/aromatic N) is 4. The summed E-state index contributed by atoms with van der Waals surface area (Å²) in [5, 5.41) is 12.0. The molecule has 8 nitrogen and oxygen atoms in total. The number of rotatable bonds is 7. The molecule has 0 aliphatic rings. The monoisotopic (exact) mass is 455 g/mol. The highest BCUT2D eigenvalue weighted by Gasteiger charge is 2.14. The number of halogens is 1. The summed E-state index contributed by atoms with van der Waals surface area (Å²) < 4.78 is 8.21. The number of hydrogen-bond acceptors (Lipinski definition) is 6. The molecule has 2 aromatic heterocycles. The van der Waals surface area contributed by atoms with Crippen molar-refractivity contribution in [1.82, 2.24) is 24.5 Å². The van der Waals surface area contributed by atoms with Gasteiger partial charge >= 0.3 is 5.56 Å². The topological polar surface area (TPSA) is 90.5 Å². The van der Waals surface area contributed by atoms with Crippen molar-refractivity contribution in [3.05, 3.63) is 81.9 Å². The molecule has 0 aliphatic heterocycles. The molecular formula is C21H18ClN5O3S. The molecule has 0 fully saturated rings. The Balaban J connectivity index is 1.45. The van der Waals surface area contributed by atoms with E-state index in [1.807, 2.05) is 18.2 Å².